The van der Waals surface area contributed by atoms with Crippen LogP contribution in [0.25, 0.3) is 11.2 Å². The normalized spacial score (nSPS) is 11.6. The van der Waals surface area contributed by atoms with Gasteiger partial charge in [-0.05, 0) is 19.4 Å². The summed E-state index contributed by atoms with van der Waals surface area (Å²) in [5, 5.41) is 8.78. The van der Waals surface area contributed by atoms with Gasteiger partial charge in [0.2, 0.25) is 0 Å². The highest BCUT2D eigenvalue weighted by Crippen LogP contribution is 2.19. The van der Waals surface area contributed by atoms with Crippen molar-refractivity contribution in [3.8, 4) is 0 Å². The summed E-state index contributed by atoms with van der Waals surface area (Å²) in [5.41, 5.74) is 4.14. The molecule has 6 nitrogen and oxygen atoms in total. The topological polar surface area (TPSA) is 53.5 Å². The van der Waals surface area contributed by atoms with Gasteiger partial charge in [0, 0.05) is 32.1 Å². The van der Waals surface area contributed by atoms with E-state index in [9.17, 15) is 0 Å². The first-order chi connectivity index (χ1) is 10.1. The summed E-state index contributed by atoms with van der Waals surface area (Å²) < 4.78 is 6.05. The van der Waals surface area contributed by atoms with Crippen molar-refractivity contribution in [2.45, 2.75) is 33.4 Å². The molecule has 3 aromatic rings. The number of alkyl halides is 1. The Morgan fingerprint density at radius 1 is 1.24 bits per heavy atom. The van der Waals surface area contributed by atoms with E-state index in [0.717, 1.165) is 42.2 Å². The Kier molecular flexibility index (Phi) is 3.71. The fourth-order valence-corrected chi connectivity index (χ4v) is 2.85. The van der Waals surface area contributed by atoms with Crippen LogP contribution in [0.5, 0.6) is 0 Å². The molecule has 0 atom stereocenters. The number of hydrogen-bond donors (Lipinski definition) is 0. The number of rotatable bonds is 5. The van der Waals surface area contributed by atoms with Gasteiger partial charge in [-0.25, -0.2) is 4.98 Å². The number of halogens is 1. The van der Waals surface area contributed by atoms with Crippen molar-refractivity contribution in [3.05, 3.63) is 29.5 Å². The molecule has 112 valence electrons. The highest BCUT2D eigenvalue weighted by atomic mass is 35.5. The van der Waals surface area contributed by atoms with Gasteiger partial charge in [0.15, 0.2) is 5.65 Å². The van der Waals surface area contributed by atoms with Crippen LogP contribution in [0.2, 0.25) is 0 Å². The zero-order chi connectivity index (χ0) is 15.0. The number of hydrogen-bond acceptors (Lipinski definition) is 3. The lowest BCUT2D eigenvalue weighted by Gasteiger charge is -2.09. The van der Waals surface area contributed by atoms with Gasteiger partial charge in [0.1, 0.15) is 11.3 Å². The lowest BCUT2D eigenvalue weighted by Crippen LogP contribution is -2.13. The van der Waals surface area contributed by atoms with Crippen molar-refractivity contribution >= 4 is 22.8 Å². The number of fused-ring (bicyclic) bond motifs is 1. The van der Waals surface area contributed by atoms with Crippen LogP contribution in [0.1, 0.15) is 17.1 Å². The minimum atomic E-state index is 0.566. The number of aryl methyl sites for hydroxylation is 6. The summed E-state index contributed by atoms with van der Waals surface area (Å²) >= 11 is 5.91. The number of aromatic nitrogens is 6. The largest absolute Gasteiger partial charge is 0.311 e. The first-order valence-corrected chi connectivity index (χ1v) is 7.57. The zero-order valence-electron chi connectivity index (χ0n) is 12.5. The summed E-state index contributed by atoms with van der Waals surface area (Å²) in [7, 11) is 1.95. The van der Waals surface area contributed by atoms with Crippen LogP contribution in [0, 0.1) is 13.8 Å². The summed E-state index contributed by atoms with van der Waals surface area (Å²) in [6, 6.07) is 0. The van der Waals surface area contributed by atoms with Gasteiger partial charge in [-0.1, -0.05) is 0 Å². The van der Waals surface area contributed by atoms with E-state index in [0.29, 0.717) is 5.88 Å². The van der Waals surface area contributed by atoms with Crippen LogP contribution in [-0.2, 0) is 26.6 Å². The SMILES string of the molecule is Cc1cnn(CCn2c(CCCl)nc3c(C)nn(C)c32)c1. The second-order valence-corrected chi connectivity index (χ2v) is 5.66. The summed E-state index contributed by atoms with van der Waals surface area (Å²) in [6.45, 7) is 5.64. The maximum atomic E-state index is 5.91. The molecule has 0 N–H and O–H groups in total. The molecule has 3 rings (SSSR count). The molecule has 0 unspecified atom stereocenters. The van der Waals surface area contributed by atoms with Gasteiger partial charge in [-0.2, -0.15) is 10.2 Å². The Labute approximate surface area is 128 Å². The quantitative estimate of drug-likeness (QED) is 0.678. The summed E-state index contributed by atoms with van der Waals surface area (Å²) in [6.07, 6.45) is 4.68. The van der Waals surface area contributed by atoms with Gasteiger partial charge in [0.25, 0.3) is 0 Å². The third-order valence-electron chi connectivity index (χ3n) is 3.60. The van der Waals surface area contributed by atoms with E-state index in [2.05, 4.69) is 14.8 Å². The highest BCUT2D eigenvalue weighted by molar-refractivity contribution is 6.17. The Hall–Kier alpha value is -1.82. The molecule has 7 heteroatoms. The van der Waals surface area contributed by atoms with Crippen LogP contribution in [0.4, 0.5) is 0 Å². The summed E-state index contributed by atoms with van der Waals surface area (Å²) in [4.78, 5) is 4.71. The minimum absolute atomic E-state index is 0.566. The van der Waals surface area contributed by atoms with Crippen molar-refractivity contribution in [1.82, 2.24) is 29.1 Å². The van der Waals surface area contributed by atoms with Crippen molar-refractivity contribution in [1.29, 1.82) is 0 Å². The van der Waals surface area contributed by atoms with Crippen LogP contribution in [0.3, 0.4) is 0 Å². The fraction of sp³-hybridized carbons (Fsp3) is 0.500. The van der Waals surface area contributed by atoms with E-state index < -0.39 is 0 Å². The molecule has 0 fully saturated rings. The van der Waals surface area contributed by atoms with Crippen LogP contribution < -0.4 is 0 Å². The minimum Gasteiger partial charge on any atom is -0.311 e. The van der Waals surface area contributed by atoms with Gasteiger partial charge in [-0.3, -0.25) is 9.36 Å². The number of imidazole rings is 1. The van der Waals surface area contributed by atoms with Crippen molar-refractivity contribution in [2.75, 3.05) is 5.88 Å². The lowest BCUT2D eigenvalue weighted by atomic mass is 10.4. The molecule has 0 aliphatic carbocycles. The van der Waals surface area contributed by atoms with E-state index in [1.54, 1.807) is 0 Å². The Morgan fingerprint density at radius 3 is 2.71 bits per heavy atom. The van der Waals surface area contributed by atoms with Gasteiger partial charge >= 0.3 is 0 Å². The van der Waals surface area contributed by atoms with Crippen LogP contribution >= 0.6 is 11.6 Å². The van der Waals surface area contributed by atoms with Crippen LogP contribution in [-0.4, -0.2) is 35.0 Å². The molecule has 0 aromatic carbocycles. The molecule has 3 aromatic heterocycles. The van der Waals surface area contributed by atoms with E-state index >= 15 is 0 Å². The highest BCUT2D eigenvalue weighted by Gasteiger charge is 2.16. The molecule has 0 saturated carbocycles. The molecule has 0 spiro atoms. The Bertz CT molecular complexity index is 766. The van der Waals surface area contributed by atoms with Gasteiger partial charge in [-0.15, -0.1) is 11.6 Å². The Balaban J connectivity index is 1.96. The first kappa shape index (κ1) is 14.1. The van der Waals surface area contributed by atoms with Crippen molar-refractivity contribution < 1.29 is 0 Å². The zero-order valence-corrected chi connectivity index (χ0v) is 13.3. The molecular formula is C14H19ClN6. The summed E-state index contributed by atoms with van der Waals surface area (Å²) in [5.74, 6) is 1.58. The molecule has 3 heterocycles. The molecule has 0 amide bonds. The maximum absolute atomic E-state index is 5.91. The third-order valence-corrected chi connectivity index (χ3v) is 3.79. The van der Waals surface area contributed by atoms with Crippen LogP contribution in [0.15, 0.2) is 12.4 Å². The maximum Gasteiger partial charge on any atom is 0.158 e. The molecule has 0 radical (unpaired) electrons. The second-order valence-electron chi connectivity index (χ2n) is 5.28. The van der Waals surface area contributed by atoms with E-state index in [1.807, 2.05) is 42.7 Å². The van der Waals surface area contributed by atoms with Gasteiger partial charge < -0.3 is 4.57 Å². The molecule has 0 aliphatic heterocycles. The van der Waals surface area contributed by atoms with E-state index in [1.165, 1.54) is 5.56 Å². The lowest BCUT2D eigenvalue weighted by molar-refractivity contribution is 0.522. The van der Waals surface area contributed by atoms with Crippen molar-refractivity contribution in [3.63, 3.8) is 0 Å². The molecule has 0 saturated heterocycles. The standard InChI is InChI=1S/C14H19ClN6/c1-10-8-16-20(9-10)6-7-21-12(4-5-15)17-13-11(2)18-19(3)14(13)21/h8-9H,4-7H2,1-3H3. The van der Waals surface area contributed by atoms with E-state index in [4.69, 9.17) is 16.6 Å². The van der Waals surface area contributed by atoms with Crippen molar-refractivity contribution in [2.24, 2.45) is 7.05 Å². The fourth-order valence-electron chi connectivity index (χ4n) is 2.68. The smallest absolute Gasteiger partial charge is 0.158 e. The number of nitrogens with zero attached hydrogens (tertiary/aromatic N) is 6. The average Bonchev–Trinajstić information content (AvgIpc) is 3.07. The van der Waals surface area contributed by atoms with E-state index in [-0.39, 0.29) is 0 Å². The molecule has 0 bridgehead atoms. The predicted octanol–water partition coefficient (Wildman–Crippen LogP) is 2.06. The van der Waals surface area contributed by atoms with Gasteiger partial charge in [0.05, 0.1) is 18.4 Å². The second kappa shape index (κ2) is 5.52. The average molecular weight is 307 g/mol. The molecule has 0 aliphatic rings. The third kappa shape index (κ3) is 2.55. The molecular weight excluding hydrogens is 288 g/mol. The molecule has 21 heavy (non-hydrogen) atoms. The first-order valence-electron chi connectivity index (χ1n) is 7.04. The monoisotopic (exact) mass is 306 g/mol. The Morgan fingerprint density at radius 2 is 2.05 bits per heavy atom. The predicted molar refractivity (Wildman–Crippen MR) is 82.6 cm³/mol.